The van der Waals surface area contributed by atoms with Crippen LogP contribution in [0.1, 0.15) is 61.9 Å². The Labute approximate surface area is 480 Å². The number of rotatable bonds is 8. The maximum Gasteiger partial charge on any atom is 0.0560 e. The van der Waals surface area contributed by atoms with E-state index < -0.39 is 0 Å². The molecule has 13 aromatic rings. The molecule has 3 aliphatic carbocycles. The number of hydrogen-bond acceptors (Lipinski definition) is 2. The van der Waals surface area contributed by atoms with E-state index in [1.54, 1.807) is 0 Å². The summed E-state index contributed by atoms with van der Waals surface area (Å²) in [6, 6.07) is 95.7. The van der Waals surface area contributed by atoms with E-state index in [1.807, 2.05) is 0 Å². The Morgan fingerprint density at radius 2 is 0.805 bits per heavy atom. The third kappa shape index (κ3) is 7.34. The van der Waals surface area contributed by atoms with Gasteiger partial charge >= 0.3 is 0 Å². The van der Waals surface area contributed by atoms with Crippen molar-refractivity contribution in [2.45, 2.75) is 51.0 Å². The molecule has 1 atom stereocenters. The average Bonchev–Trinajstić information content (AvgIpc) is 4.06. The van der Waals surface area contributed by atoms with Gasteiger partial charge in [0.2, 0.25) is 0 Å². The fraction of sp³-hybridized carbons (Fsp3) is 0.100. The summed E-state index contributed by atoms with van der Waals surface area (Å²) in [7, 11) is 0. The minimum Gasteiger partial charge on any atom is -0.334 e. The van der Waals surface area contributed by atoms with Crippen molar-refractivity contribution in [2.24, 2.45) is 0 Å². The van der Waals surface area contributed by atoms with Gasteiger partial charge in [0.1, 0.15) is 0 Å². The number of hydrogen-bond donors (Lipinski definition) is 0. The zero-order chi connectivity index (χ0) is 54.8. The first-order valence-electron chi connectivity index (χ1n) is 29.1. The van der Waals surface area contributed by atoms with E-state index in [2.05, 4.69) is 311 Å². The molecule has 2 heteroatoms. The summed E-state index contributed by atoms with van der Waals surface area (Å²) in [5.41, 5.74) is 21.5. The summed E-state index contributed by atoms with van der Waals surface area (Å²) in [5.74, 6) is 0. The van der Waals surface area contributed by atoms with Crippen LogP contribution in [0.3, 0.4) is 0 Å². The fourth-order valence-corrected chi connectivity index (χ4v) is 14.7. The van der Waals surface area contributed by atoms with Gasteiger partial charge in [0.15, 0.2) is 0 Å². The molecule has 16 rings (SSSR count). The molecule has 0 saturated heterocycles. The lowest BCUT2D eigenvalue weighted by Crippen LogP contribution is -2.30. The predicted octanol–water partition coefficient (Wildman–Crippen LogP) is 21.8. The van der Waals surface area contributed by atoms with Gasteiger partial charge in [0, 0.05) is 44.4 Å². The molecule has 0 aliphatic heterocycles. The van der Waals surface area contributed by atoms with Gasteiger partial charge in [-0.05, 0) is 177 Å². The van der Waals surface area contributed by atoms with E-state index in [9.17, 15) is 0 Å². The molecule has 82 heavy (non-hydrogen) atoms. The van der Waals surface area contributed by atoms with Gasteiger partial charge in [-0.15, -0.1) is 0 Å². The maximum absolute atomic E-state index is 2.59. The second-order valence-corrected chi connectivity index (χ2v) is 23.9. The van der Waals surface area contributed by atoms with Gasteiger partial charge in [0.05, 0.1) is 11.7 Å². The summed E-state index contributed by atoms with van der Waals surface area (Å²) < 4.78 is 0. The molecule has 3 aliphatic rings. The van der Waals surface area contributed by atoms with Crippen molar-refractivity contribution in [1.82, 2.24) is 0 Å². The fourth-order valence-electron chi connectivity index (χ4n) is 14.7. The first-order chi connectivity index (χ1) is 40.2. The van der Waals surface area contributed by atoms with Crippen molar-refractivity contribution in [2.75, 3.05) is 9.80 Å². The third-order valence-electron chi connectivity index (χ3n) is 18.7. The number of allylic oxidation sites excluding steroid dienone is 2. The van der Waals surface area contributed by atoms with Crippen LogP contribution in [0.15, 0.2) is 273 Å². The molecule has 1 unspecified atom stereocenters. The van der Waals surface area contributed by atoms with E-state index in [4.69, 9.17) is 0 Å². The number of fused-ring (bicyclic) bond motifs is 13. The van der Waals surface area contributed by atoms with Crippen molar-refractivity contribution in [3.63, 3.8) is 0 Å². The number of nitrogens with zero attached hydrogens (tertiary/aromatic N) is 2. The smallest absolute Gasteiger partial charge is 0.0560 e. The molecular weight excluding hydrogens is 989 g/mol. The van der Waals surface area contributed by atoms with Crippen LogP contribution in [0.2, 0.25) is 0 Å². The van der Waals surface area contributed by atoms with Gasteiger partial charge in [0.25, 0.3) is 0 Å². The lowest BCUT2D eigenvalue weighted by molar-refractivity contribution is 0.660. The Morgan fingerprint density at radius 1 is 0.341 bits per heavy atom. The first kappa shape index (κ1) is 48.2. The Morgan fingerprint density at radius 3 is 1.41 bits per heavy atom. The molecule has 13 aromatic carbocycles. The van der Waals surface area contributed by atoms with Crippen LogP contribution >= 0.6 is 0 Å². The van der Waals surface area contributed by atoms with Crippen molar-refractivity contribution in [1.29, 1.82) is 0 Å². The molecule has 0 fully saturated rings. The lowest BCUT2D eigenvalue weighted by atomic mass is 9.82. The number of anilines is 5. The Kier molecular flexibility index (Phi) is 10.8. The van der Waals surface area contributed by atoms with E-state index in [0.29, 0.717) is 0 Å². The normalized spacial score (nSPS) is 15.4. The lowest BCUT2D eigenvalue weighted by Gasteiger charge is -2.35. The van der Waals surface area contributed by atoms with Crippen LogP contribution < -0.4 is 9.80 Å². The molecule has 0 amide bonds. The topological polar surface area (TPSA) is 6.48 Å². The Balaban J connectivity index is 0.801. The third-order valence-corrected chi connectivity index (χ3v) is 18.7. The van der Waals surface area contributed by atoms with Crippen molar-refractivity contribution in [3.05, 3.63) is 301 Å². The van der Waals surface area contributed by atoms with Gasteiger partial charge < -0.3 is 9.80 Å². The molecular formula is C80H60N2. The Hall–Kier alpha value is -9.76. The largest absolute Gasteiger partial charge is 0.334 e. The molecule has 0 heterocycles. The summed E-state index contributed by atoms with van der Waals surface area (Å²) in [5, 5.41) is 12.5. The first-order valence-corrected chi connectivity index (χ1v) is 29.1. The van der Waals surface area contributed by atoms with Crippen LogP contribution in [0.4, 0.5) is 28.4 Å². The van der Waals surface area contributed by atoms with Gasteiger partial charge in [-0.25, -0.2) is 0 Å². The second kappa shape index (κ2) is 18.4. The van der Waals surface area contributed by atoms with E-state index in [-0.39, 0.29) is 16.9 Å². The highest BCUT2D eigenvalue weighted by molar-refractivity contribution is 6.25. The summed E-state index contributed by atoms with van der Waals surface area (Å²) in [4.78, 5) is 5.05. The standard InChI is InChI=1S/C80H60N2/c1-79(2)72-31-15-13-27-64(72)70-49-58(43-45-74(70)79)81(76-33-17-21-51-19-5-7-23-60(51)76)56-39-35-53(36-40-56)68-47-55-48-69(63-26-10-12-30-67(63)78(55)66-29-11-9-25-62(66)68)54-37-41-57(42-38-54)82(77-34-18-22-52-20-6-8-24-61(52)77)59-44-46-75-71(50-59)65-28-14-16-32-73(65)80(75,3)4/h5-41,43-50,57H,42H2,1-4H3. The van der Waals surface area contributed by atoms with Crippen molar-refractivity contribution >= 4 is 87.9 Å². The van der Waals surface area contributed by atoms with Gasteiger partial charge in [-0.2, -0.15) is 0 Å². The van der Waals surface area contributed by atoms with Crippen LogP contribution in [0.25, 0.3) is 92.8 Å². The Bertz CT molecular complexity index is 4850. The van der Waals surface area contributed by atoms with Crippen molar-refractivity contribution in [3.8, 4) is 33.4 Å². The molecule has 0 bridgehead atoms. The average molecular weight is 1050 g/mol. The molecule has 0 radical (unpaired) electrons. The molecule has 0 aromatic heterocycles. The molecule has 390 valence electrons. The summed E-state index contributed by atoms with van der Waals surface area (Å²) >= 11 is 0. The molecule has 0 spiro atoms. The molecule has 0 N–H and O–H groups in total. The molecule has 0 saturated carbocycles. The minimum absolute atomic E-state index is 0.0619. The monoisotopic (exact) mass is 1050 g/mol. The number of benzene rings is 13. The van der Waals surface area contributed by atoms with Crippen LogP contribution in [-0.2, 0) is 10.8 Å². The zero-order valence-corrected chi connectivity index (χ0v) is 46.7. The maximum atomic E-state index is 2.59. The second-order valence-electron chi connectivity index (χ2n) is 23.9. The van der Waals surface area contributed by atoms with Crippen molar-refractivity contribution < 1.29 is 0 Å². The van der Waals surface area contributed by atoms with E-state index in [0.717, 1.165) is 23.5 Å². The van der Waals surface area contributed by atoms with E-state index in [1.165, 1.54) is 132 Å². The van der Waals surface area contributed by atoms with Gasteiger partial charge in [-0.3, -0.25) is 0 Å². The molecule has 2 nitrogen and oxygen atoms in total. The highest BCUT2D eigenvalue weighted by Gasteiger charge is 2.37. The van der Waals surface area contributed by atoms with Crippen LogP contribution in [0.5, 0.6) is 0 Å². The highest BCUT2D eigenvalue weighted by Crippen LogP contribution is 2.53. The van der Waals surface area contributed by atoms with Crippen LogP contribution in [-0.4, -0.2) is 6.04 Å². The summed E-state index contributed by atoms with van der Waals surface area (Å²) in [6.07, 6.45) is 8.20. The van der Waals surface area contributed by atoms with Gasteiger partial charge in [-0.1, -0.05) is 240 Å². The minimum atomic E-state index is -0.0741. The zero-order valence-electron chi connectivity index (χ0n) is 46.7. The predicted molar refractivity (Wildman–Crippen MR) is 350 cm³/mol. The van der Waals surface area contributed by atoms with Crippen LogP contribution in [0, 0.1) is 0 Å². The summed E-state index contributed by atoms with van der Waals surface area (Å²) in [6.45, 7) is 9.44. The highest BCUT2D eigenvalue weighted by atomic mass is 15.2. The quantitative estimate of drug-likeness (QED) is 0.140. The van der Waals surface area contributed by atoms with E-state index >= 15 is 0 Å². The SMILES string of the molecule is CC1(C)c2ccccc2-c2cc(N(c3ccc(-c4cc5cc(C6=CCC(N(c7ccc8c(c7)-c7ccccc7C8(C)C)c7cccc8ccccc78)C=C6)c6ccccc6c5c5ccccc45)cc3)c3cccc4ccccc34)ccc21.